The molecule has 0 aliphatic carbocycles. The third-order valence-corrected chi connectivity index (χ3v) is 4.52. The zero-order chi connectivity index (χ0) is 14.8. The van der Waals surface area contributed by atoms with E-state index in [0.29, 0.717) is 5.92 Å². The summed E-state index contributed by atoms with van der Waals surface area (Å²) in [4.78, 5) is 2.38. The third-order valence-electron chi connectivity index (χ3n) is 4.52. The van der Waals surface area contributed by atoms with Crippen molar-refractivity contribution in [2.24, 2.45) is 5.73 Å². The molecule has 2 N–H and O–H groups in total. The van der Waals surface area contributed by atoms with Gasteiger partial charge in [-0.2, -0.15) is 0 Å². The lowest BCUT2D eigenvalue weighted by Gasteiger charge is -2.24. The Bertz CT molecular complexity index is 582. The van der Waals surface area contributed by atoms with Crippen LogP contribution in [0.5, 0.6) is 0 Å². The van der Waals surface area contributed by atoms with Crippen LogP contribution in [0, 0.1) is 5.82 Å². The Morgan fingerprint density at radius 2 is 1.71 bits per heavy atom. The van der Waals surface area contributed by atoms with Gasteiger partial charge < -0.3 is 5.73 Å². The van der Waals surface area contributed by atoms with Crippen molar-refractivity contribution >= 4 is 0 Å². The first kappa shape index (κ1) is 14.2. The Hall–Kier alpha value is -1.71. The van der Waals surface area contributed by atoms with Gasteiger partial charge in [0, 0.05) is 31.1 Å². The van der Waals surface area contributed by atoms with Crippen LogP contribution >= 0.6 is 0 Å². The predicted molar refractivity (Wildman–Crippen MR) is 83.5 cm³/mol. The SMILES string of the molecule is CC(c1ccc(F)cc1)N1C[C@@H](N)[C@H](c2ccccc2)C1. The average molecular weight is 284 g/mol. The van der Waals surface area contributed by atoms with Crippen LogP contribution in [0.25, 0.3) is 0 Å². The fraction of sp³-hybridized carbons (Fsp3) is 0.333. The summed E-state index contributed by atoms with van der Waals surface area (Å²) >= 11 is 0. The first-order valence-corrected chi connectivity index (χ1v) is 7.45. The molecular weight excluding hydrogens is 263 g/mol. The largest absolute Gasteiger partial charge is 0.326 e. The van der Waals surface area contributed by atoms with Crippen molar-refractivity contribution in [3.8, 4) is 0 Å². The molecule has 3 heteroatoms. The molecular formula is C18H21FN2. The molecule has 2 aromatic rings. The van der Waals surface area contributed by atoms with Gasteiger partial charge in [0.2, 0.25) is 0 Å². The maximum Gasteiger partial charge on any atom is 0.123 e. The second-order valence-corrected chi connectivity index (χ2v) is 5.86. The lowest BCUT2D eigenvalue weighted by Crippen LogP contribution is -2.29. The number of benzene rings is 2. The summed E-state index contributed by atoms with van der Waals surface area (Å²) < 4.78 is 13.0. The van der Waals surface area contributed by atoms with Crippen LogP contribution in [0.3, 0.4) is 0 Å². The molecule has 1 fully saturated rings. The van der Waals surface area contributed by atoms with Crippen LogP contribution in [0.15, 0.2) is 54.6 Å². The molecule has 110 valence electrons. The van der Waals surface area contributed by atoms with Gasteiger partial charge >= 0.3 is 0 Å². The van der Waals surface area contributed by atoms with Crippen molar-refractivity contribution in [2.45, 2.75) is 24.9 Å². The van der Waals surface area contributed by atoms with E-state index in [0.717, 1.165) is 18.7 Å². The molecule has 2 nitrogen and oxygen atoms in total. The highest BCUT2D eigenvalue weighted by molar-refractivity contribution is 5.25. The fourth-order valence-corrected chi connectivity index (χ4v) is 3.18. The minimum atomic E-state index is -0.189. The van der Waals surface area contributed by atoms with E-state index >= 15 is 0 Å². The Morgan fingerprint density at radius 3 is 2.38 bits per heavy atom. The quantitative estimate of drug-likeness (QED) is 0.937. The first-order chi connectivity index (χ1) is 10.1. The highest BCUT2D eigenvalue weighted by Gasteiger charge is 2.33. The number of likely N-dealkylation sites (tertiary alicyclic amines) is 1. The molecule has 0 saturated carbocycles. The maximum atomic E-state index is 13.0. The van der Waals surface area contributed by atoms with Crippen molar-refractivity contribution in [1.29, 1.82) is 0 Å². The van der Waals surface area contributed by atoms with Gasteiger partial charge in [0.1, 0.15) is 5.82 Å². The molecule has 3 atom stereocenters. The maximum absolute atomic E-state index is 13.0. The van der Waals surface area contributed by atoms with E-state index in [1.165, 1.54) is 17.7 Å². The van der Waals surface area contributed by atoms with Gasteiger partial charge in [-0.25, -0.2) is 4.39 Å². The molecule has 0 aromatic heterocycles. The topological polar surface area (TPSA) is 29.3 Å². The number of halogens is 1. The summed E-state index contributed by atoms with van der Waals surface area (Å²) in [6.45, 7) is 3.98. The van der Waals surface area contributed by atoms with Gasteiger partial charge in [0.05, 0.1) is 0 Å². The number of rotatable bonds is 3. The fourth-order valence-electron chi connectivity index (χ4n) is 3.18. The van der Waals surface area contributed by atoms with Gasteiger partial charge in [0.15, 0.2) is 0 Å². The highest BCUT2D eigenvalue weighted by Crippen LogP contribution is 2.32. The predicted octanol–water partition coefficient (Wildman–Crippen LogP) is 3.31. The van der Waals surface area contributed by atoms with Gasteiger partial charge in [-0.1, -0.05) is 42.5 Å². The van der Waals surface area contributed by atoms with E-state index in [9.17, 15) is 4.39 Å². The number of nitrogens with zero attached hydrogens (tertiary/aromatic N) is 1. The second-order valence-electron chi connectivity index (χ2n) is 5.86. The average Bonchev–Trinajstić information content (AvgIpc) is 2.90. The van der Waals surface area contributed by atoms with Gasteiger partial charge in [-0.3, -0.25) is 4.90 Å². The van der Waals surface area contributed by atoms with Crippen molar-refractivity contribution < 1.29 is 4.39 Å². The third kappa shape index (κ3) is 2.99. The molecule has 1 aliphatic heterocycles. The normalized spacial score (nSPS) is 24.1. The van der Waals surface area contributed by atoms with E-state index in [1.54, 1.807) is 0 Å². The standard InChI is InChI=1S/C18H21FN2/c1-13(14-7-9-16(19)10-8-14)21-11-17(18(20)12-21)15-5-3-2-4-6-15/h2-10,13,17-18H,11-12,20H2,1H3/t13?,17-,18+/m0/s1. The number of hydrogen-bond donors (Lipinski definition) is 1. The monoisotopic (exact) mass is 284 g/mol. The van der Waals surface area contributed by atoms with E-state index < -0.39 is 0 Å². The van der Waals surface area contributed by atoms with Crippen molar-refractivity contribution in [2.75, 3.05) is 13.1 Å². The molecule has 3 rings (SSSR count). The van der Waals surface area contributed by atoms with Crippen LogP contribution in [-0.2, 0) is 0 Å². The van der Waals surface area contributed by atoms with Crippen LogP contribution in [0.4, 0.5) is 4.39 Å². The minimum absolute atomic E-state index is 0.148. The van der Waals surface area contributed by atoms with E-state index in [2.05, 4.69) is 36.1 Å². The number of hydrogen-bond acceptors (Lipinski definition) is 2. The Kier molecular flexibility index (Phi) is 4.04. The molecule has 0 amide bonds. The van der Waals surface area contributed by atoms with Crippen molar-refractivity contribution in [3.63, 3.8) is 0 Å². The molecule has 0 radical (unpaired) electrons. The molecule has 1 saturated heterocycles. The molecule has 2 aromatic carbocycles. The molecule has 1 unspecified atom stereocenters. The molecule has 0 bridgehead atoms. The summed E-state index contributed by atoms with van der Waals surface area (Å²) in [5.74, 6) is 0.181. The number of nitrogens with two attached hydrogens (primary N) is 1. The molecule has 0 spiro atoms. The van der Waals surface area contributed by atoms with E-state index in [-0.39, 0.29) is 17.9 Å². The Morgan fingerprint density at radius 1 is 1.05 bits per heavy atom. The summed E-state index contributed by atoms with van der Waals surface area (Å²) in [6, 6.07) is 17.6. The zero-order valence-corrected chi connectivity index (χ0v) is 12.2. The van der Waals surface area contributed by atoms with Crippen molar-refractivity contribution in [3.05, 3.63) is 71.5 Å². The summed E-state index contributed by atoms with van der Waals surface area (Å²) in [5, 5.41) is 0. The lowest BCUT2D eigenvalue weighted by atomic mass is 9.95. The highest BCUT2D eigenvalue weighted by atomic mass is 19.1. The minimum Gasteiger partial charge on any atom is -0.326 e. The van der Waals surface area contributed by atoms with Gasteiger partial charge in [0.25, 0.3) is 0 Å². The van der Waals surface area contributed by atoms with Crippen LogP contribution in [0.2, 0.25) is 0 Å². The van der Waals surface area contributed by atoms with Crippen LogP contribution < -0.4 is 5.73 Å². The van der Waals surface area contributed by atoms with Gasteiger partial charge in [-0.05, 0) is 30.2 Å². The van der Waals surface area contributed by atoms with E-state index in [4.69, 9.17) is 5.73 Å². The van der Waals surface area contributed by atoms with E-state index in [1.807, 2.05) is 18.2 Å². The molecule has 1 aliphatic rings. The first-order valence-electron chi connectivity index (χ1n) is 7.45. The lowest BCUT2D eigenvalue weighted by molar-refractivity contribution is 0.257. The second kappa shape index (κ2) is 5.96. The Labute approximate surface area is 125 Å². The summed E-state index contributed by atoms with van der Waals surface area (Å²) in [6.07, 6.45) is 0. The Balaban J connectivity index is 1.75. The zero-order valence-electron chi connectivity index (χ0n) is 12.2. The summed E-state index contributed by atoms with van der Waals surface area (Å²) in [7, 11) is 0. The van der Waals surface area contributed by atoms with Crippen molar-refractivity contribution in [1.82, 2.24) is 4.90 Å². The molecule has 1 heterocycles. The molecule has 21 heavy (non-hydrogen) atoms. The van der Waals surface area contributed by atoms with Crippen LogP contribution in [0.1, 0.15) is 30.0 Å². The van der Waals surface area contributed by atoms with Gasteiger partial charge in [-0.15, -0.1) is 0 Å². The summed E-state index contributed by atoms with van der Waals surface area (Å²) in [5.41, 5.74) is 8.78. The smallest absolute Gasteiger partial charge is 0.123 e. The van der Waals surface area contributed by atoms with Crippen LogP contribution in [-0.4, -0.2) is 24.0 Å².